The van der Waals surface area contributed by atoms with Crippen LogP contribution in [0.1, 0.15) is 38.3 Å². The highest BCUT2D eigenvalue weighted by molar-refractivity contribution is 7.24. The molecule has 0 spiro atoms. The van der Waals surface area contributed by atoms with Gasteiger partial charge in [0, 0.05) is 4.50 Å². The molecule has 0 fully saturated rings. The molecule has 0 aliphatic carbocycles. The van der Waals surface area contributed by atoms with E-state index in [2.05, 4.69) is 83.5 Å². The quantitative estimate of drug-likeness (QED) is 0.422. The molecule has 0 aliphatic heterocycles. The Morgan fingerprint density at radius 1 is 1.17 bits per heavy atom. The summed E-state index contributed by atoms with van der Waals surface area (Å²) in [6.45, 7) is 17.6. The first kappa shape index (κ1) is 19.0. The zero-order valence-electron chi connectivity index (χ0n) is 15.9. The van der Waals surface area contributed by atoms with Gasteiger partial charge in [0.2, 0.25) is 0 Å². The van der Waals surface area contributed by atoms with Gasteiger partial charge >= 0.3 is 0 Å². The van der Waals surface area contributed by atoms with Crippen LogP contribution in [0.15, 0.2) is 47.9 Å². The van der Waals surface area contributed by atoms with Crippen molar-refractivity contribution in [3.8, 4) is 5.75 Å². The average Bonchev–Trinajstić information content (AvgIpc) is 2.95. The van der Waals surface area contributed by atoms with Crippen molar-refractivity contribution in [3.63, 3.8) is 0 Å². The van der Waals surface area contributed by atoms with E-state index in [1.807, 2.05) is 11.3 Å². The predicted octanol–water partition coefficient (Wildman–Crippen LogP) is 6.22. The van der Waals surface area contributed by atoms with Crippen LogP contribution in [0.4, 0.5) is 0 Å². The van der Waals surface area contributed by atoms with E-state index in [9.17, 15) is 0 Å². The van der Waals surface area contributed by atoms with E-state index in [-0.39, 0.29) is 5.41 Å². The molecule has 0 saturated carbocycles. The van der Waals surface area contributed by atoms with Crippen LogP contribution in [0.2, 0.25) is 12.6 Å². The summed E-state index contributed by atoms with van der Waals surface area (Å²) < 4.78 is 8.26. The van der Waals surface area contributed by atoms with Crippen LogP contribution in [0.5, 0.6) is 5.75 Å². The van der Waals surface area contributed by atoms with Gasteiger partial charge in [-0.25, -0.2) is 0 Å². The molecule has 0 amide bonds. The number of benzene rings is 1. The van der Waals surface area contributed by atoms with E-state index >= 15 is 0 Å². The van der Waals surface area contributed by atoms with Gasteiger partial charge in [-0.15, -0.1) is 17.9 Å². The van der Waals surface area contributed by atoms with Gasteiger partial charge in [-0.05, 0) is 67.8 Å². The molecule has 2 aromatic rings. The lowest BCUT2D eigenvalue weighted by Gasteiger charge is -2.36. The van der Waals surface area contributed by atoms with Gasteiger partial charge in [-0.1, -0.05) is 43.7 Å². The van der Waals surface area contributed by atoms with Gasteiger partial charge in [0.05, 0.1) is 0 Å². The van der Waals surface area contributed by atoms with Gasteiger partial charge in [-0.3, -0.25) is 0 Å². The van der Waals surface area contributed by atoms with Crippen LogP contribution < -0.4 is 8.93 Å². The van der Waals surface area contributed by atoms with Crippen LogP contribution in [-0.4, -0.2) is 8.32 Å². The van der Waals surface area contributed by atoms with Crippen molar-refractivity contribution < 1.29 is 4.43 Å². The molecule has 0 N–H and O–H groups in total. The fraction of sp³-hybridized carbons (Fsp3) is 0.429. The van der Waals surface area contributed by atoms with Crippen LogP contribution in [0, 0.1) is 19.3 Å². The molecule has 0 bridgehead atoms. The van der Waals surface area contributed by atoms with Crippen LogP contribution in [0.25, 0.3) is 0 Å². The Morgan fingerprint density at radius 3 is 2.29 bits per heavy atom. The Labute approximate surface area is 152 Å². The van der Waals surface area contributed by atoms with Gasteiger partial charge in [0.15, 0.2) is 0 Å². The smallest absolute Gasteiger partial charge is 0.290 e. The molecular formula is C21H30OSSi. The average molecular weight is 359 g/mol. The first-order chi connectivity index (χ1) is 11.1. The highest BCUT2D eigenvalue weighted by Crippen LogP contribution is 2.37. The lowest BCUT2D eigenvalue weighted by atomic mass is 9.89. The molecule has 1 aromatic heterocycles. The number of thiophene rings is 1. The lowest BCUT2D eigenvalue weighted by molar-refractivity contribution is 0.384. The second-order valence-electron chi connectivity index (χ2n) is 8.01. The van der Waals surface area contributed by atoms with Crippen LogP contribution in [-0.2, 0) is 0 Å². The van der Waals surface area contributed by atoms with E-state index < -0.39 is 8.32 Å². The third-order valence-electron chi connectivity index (χ3n) is 4.37. The van der Waals surface area contributed by atoms with E-state index in [1.165, 1.54) is 21.2 Å². The molecule has 0 saturated heterocycles. The molecule has 3 heteroatoms. The van der Waals surface area contributed by atoms with Crippen LogP contribution in [0.3, 0.4) is 0 Å². The third-order valence-corrected chi connectivity index (χ3v) is 10.2. The SMILES string of the molecule is C=C(C)CC(C)(C)C[Si@@](C)(Oc1c(C)cccc1C)c1cccs1. The minimum atomic E-state index is -2.10. The Balaban J connectivity index is 2.40. The third kappa shape index (κ3) is 4.61. The first-order valence-corrected chi connectivity index (χ1v) is 12.1. The Kier molecular flexibility index (Phi) is 5.77. The number of rotatable bonds is 7. The standard InChI is InChI=1S/C21H30OSSi/c1-16(2)14-21(5,6)15-24(7,19-12-9-13-23-19)22-20-17(3)10-8-11-18(20)4/h8-13H,1,14-15H2,2-7H3/t24-/m1/s1. The molecule has 130 valence electrons. The van der Waals surface area contributed by atoms with Crippen molar-refractivity contribution in [3.05, 3.63) is 59.0 Å². The molecule has 1 nitrogen and oxygen atoms in total. The Morgan fingerprint density at radius 2 is 1.79 bits per heavy atom. The van der Waals surface area contributed by atoms with Gasteiger partial charge < -0.3 is 4.43 Å². The minimum Gasteiger partial charge on any atom is -0.538 e. The maximum Gasteiger partial charge on any atom is 0.290 e. The Hall–Kier alpha value is -1.32. The maximum absolute atomic E-state index is 6.85. The zero-order valence-corrected chi connectivity index (χ0v) is 17.7. The van der Waals surface area contributed by atoms with Crippen LogP contribution >= 0.6 is 11.3 Å². The van der Waals surface area contributed by atoms with Crippen molar-refractivity contribution in [2.24, 2.45) is 5.41 Å². The molecule has 1 aromatic carbocycles. The van der Waals surface area contributed by atoms with Crippen molar-refractivity contribution in [1.29, 1.82) is 0 Å². The first-order valence-electron chi connectivity index (χ1n) is 8.57. The second kappa shape index (κ2) is 7.28. The zero-order chi connectivity index (χ0) is 18.0. The molecular weight excluding hydrogens is 328 g/mol. The highest BCUT2D eigenvalue weighted by Gasteiger charge is 2.41. The fourth-order valence-corrected chi connectivity index (χ4v) is 9.25. The molecule has 0 unspecified atom stereocenters. The number of hydrogen-bond acceptors (Lipinski definition) is 2. The summed E-state index contributed by atoms with van der Waals surface area (Å²) in [5, 5.41) is 2.17. The predicted molar refractivity (Wildman–Crippen MR) is 110 cm³/mol. The number of hydrogen-bond donors (Lipinski definition) is 0. The summed E-state index contributed by atoms with van der Waals surface area (Å²) in [6, 6.07) is 11.9. The van der Waals surface area contributed by atoms with Gasteiger partial charge in [-0.2, -0.15) is 0 Å². The number of allylic oxidation sites excluding steroid dienone is 1. The summed E-state index contributed by atoms with van der Waals surface area (Å²) in [6.07, 6.45) is 1.04. The Bertz CT molecular complexity index is 682. The molecule has 0 aliphatic rings. The monoisotopic (exact) mass is 358 g/mol. The summed E-state index contributed by atoms with van der Waals surface area (Å²) in [4.78, 5) is 0. The number of aryl methyl sites for hydroxylation is 2. The van der Waals surface area contributed by atoms with E-state index in [4.69, 9.17) is 4.43 Å². The number of para-hydroxylation sites is 1. The molecule has 2 rings (SSSR count). The molecule has 24 heavy (non-hydrogen) atoms. The van der Waals surface area contributed by atoms with Crippen molar-refractivity contribution in [2.75, 3.05) is 0 Å². The van der Waals surface area contributed by atoms with Crippen molar-refractivity contribution in [2.45, 2.75) is 53.6 Å². The highest BCUT2D eigenvalue weighted by atomic mass is 32.1. The largest absolute Gasteiger partial charge is 0.538 e. The van der Waals surface area contributed by atoms with Crippen molar-refractivity contribution >= 4 is 24.2 Å². The van der Waals surface area contributed by atoms with E-state index in [0.29, 0.717) is 0 Å². The van der Waals surface area contributed by atoms with E-state index in [0.717, 1.165) is 18.2 Å². The maximum atomic E-state index is 6.85. The van der Waals surface area contributed by atoms with Gasteiger partial charge in [0.25, 0.3) is 8.32 Å². The molecule has 1 heterocycles. The summed E-state index contributed by atoms with van der Waals surface area (Å²) >= 11 is 1.83. The topological polar surface area (TPSA) is 9.23 Å². The van der Waals surface area contributed by atoms with E-state index in [1.54, 1.807) is 0 Å². The normalized spacial score (nSPS) is 14.2. The molecule has 1 atom stereocenters. The lowest BCUT2D eigenvalue weighted by Crippen LogP contribution is -2.52. The molecule has 0 radical (unpaired) electrons. The summed E-state index contributed by atoms with van der Waals surface area (Å²) in [7, 11) is -2.10. The summed E-state index contributed by atoms with van der Waals surface area (Å²) in [5.41, 5.74) is 3.88. The minimum absolute atomic E-state index is 0.188. The van der Waals surface area contributed by atoms with Gasteiger partial charge in [0.1, 0.15) is 5.75 Å². The summed E-state index contributed by atoms with van der Waals surface area (Å²) in [5.74, 6) is 1.08. The fourth-order valence-electron chi connectivity index (χ4n) is 3.73. The van der Waals surface area contributed by atoms with Crippen molar-refractivity contribution in [1.82, 2.24) is 0 Å². The second-order valence-corrected chi connectivity index (χ2v) is 12.9.